The van der Waals surface area contributed by atoms with Gasteiger partial charge in [-0.1, -0.05) is 6.07 Å². The van der Waals surface area contributed by atoms with Gasteiger partial charge < -0.3 is 5.32 Å². The van der Waals surface area contributed by atoms with Crippen LogP contribution in [0.15, 0.2) is 45.1 Å². The maximum absolute atomic E-state index is 11.9. The van der Waals surface area contributed by atoms with Gasteiger partial charge in [-0.15, -0.1) is 11.3 Å². The van der Waals surface area contributed by atoms with Crippen LogP contribution in [-0.4, -0.2) is 9.38 Å². The maximum atomic E-state index is 11.9. The number of nitrogens with one attached hydrogen (secondary N) is 1. The number of halogens is 1. The first-order chi connectivity index (χ1) is 9.63. The Morgan fingerprint density at radius 3 is 3.05 bits per heavy atom. The van der Waals surface area contributed by atoms with Crippen molar-refractivity contribution in [3.8, 4) is 0 Å². The molecule has 20 heavy (non-hydrogen) atoms. The van der Waals surface area contributed by atoms with E-state index in [4.69, 9.17) is 0 Å². The second kappa shape index (κ2) is 5.38. The third-order valence-corrected chi connectivity index (χ3v) is 4.35. The van der Waals surface area contributed by atoms with Gasteiger partial charge in [0.1, 0.15) is 0 Å². The van der Waals surface area contributed by atoms with Crippen molar-refractivity contribution < 1.29 is 0 Å². The van der Waals surface area contributed by atoms with Gasteiger partial charge in [-0.2, -0.15) is 0 Å². The molecule has 1 aromatic carbocycles. The van der Waals surface area contributed by atoms with Gasteiger partial charge in [0.05, 0.1) is 12.2 Å². The van der Waals surface area contributed by atoms with E-state index < -0.39 is 0 Å². The summed E-state index contributed by atoms with van der Waals surface area (Å²) >= 11 is 4.98. The molecule has 2 heterocycles. The Kier molecular flexibility index (Phi) is 3.58. The SMILES string of the molecule is Cc1ccc(NCc2cc(=O)n3ccsc3n2)c(Br)c1. The molecule has 0 spiro atoms. The van der Waals surface area contributed by atoms with Gasteiger partial charge >= 0.3 is 0 Å². The lowest BCUT2D eigenvalue weighted by atomic mass is 10.2. The van der Waals surface area contributed by atoms with Crippen LogP contribution in [-0.2, 0) is 6.54 Å². The summed E-state index contributed by atoms with van der Waals surface area (Å²) < 4.78 is 2.56. The van der Waals surface area contributed by atoms with E-state index >= 15 is 0 Å². The summed E-state index contributed by atoms with van der Waals surface area (Å²) in [4.78, 5) is 17.1. The quantitative estimate of drug-likeness (QED) is 0.787. The summed E-state index contributed by atoms with van der Waals surface area (Å²) in [5, 5.41) is 5.15. The zero-order chi connectivity index (χ0) is 14.1. The van der Waals surface area contributed by atoms with Crippen molar-refractivity contribution in [1.29, 1.82) is 0 Å². The molecule has 2 aromatic heterocycles. The lowest BCUT2D eigenvalue weighted by Crippen LogP contribution is -2.14. The number of fused-ring (bicyclic) bond motifs is 1. The molecule has 0 amide bonds. The molecule has 1 N–H and O–H groups in total. The van der Waals surface area contributed by atoms with Gasteiger partial charge in [0.25, 0.3) is 5.56 Å². The normalized spacial score (nSPS) is 10.9. The first kappa shape index (κ1) is 13.3. The fourth-order valence-electron chi connectivity index (χ4n) is 1.93. The van der Waals surface area contributed by atoms with E-state index in [9.17, 15) is 4.79 Å². The summed E-state index contributed by atoms with van der Waals surface area (Å²) in [7, 11) is 0. The number of benzene rings is 1. The lowest BCUT2D eigenvalue weighted by Gasteiger charge is -2.08. The number of rotatable bonds is 3. The molecule has 0 aliphatic heterocycles. The number of thiazole rings is 1. The number of nitrogens with zero attached hydrogens (tertiary/aromatic N) is 2. The van der Waals surface area contributed by atoms with Gasteiger partial charge in [-0.05, 0) is 40.5 Å². The first-order valence-electron chi connectivity index (χ1n) is 6.09. The largest absolute Gasteiger partial charge is 0.378 e. The second-order valence-electron chi connectivity index (χ2n) is 4.48. The Bertz CT molecular complexity index is 825. The minimum absolute atomic E-state index is 0.0454. The fraction of sp³-hybridized carbons (Fsp3) is 0.143. The van der Waals surface area contributed by atoms with E-state index in [1.54, 1.807) is 16.7 Å². The third-order valence-electron chi connectivity index (χ3n) is 2.94. The highest BCUT2D eigenvalue weighted by Crippen LogP contribution is 2.23. The van der Waals surface area contributed by atoms with Crippen molar-refractivity contribution in [2.75, 3.05) is 5.32 Å². The Balaban J connectivity index is 1.84. The second-order valence-corrected chi connectivity index (χ2v) is 6.21. The number of hydrogen-bond acceptors (Lipinski definition) is 4. The van der Waals surface area contributed by atoms with Gasteiger partial charge in [-0.3, -0.25) is 9.20 Å². The molecular formula is C14H12BrN3OS. The van der Waals surface area contributed by atoms with E-state index in [1.165, 1.54) is 16.9 Å². The topological polar surface area (TPSA) is 46.4 Å². The van der Waals surface area contributed by atoms with E-state index in [0.29, 0.717) is 6.54 Å². The van der Waals surface area contributed by atoms with Crippen molar-refractivity contribution >= 4 is 37.9 Å². The summed E-state index contributed by atoms with van der Waals surface area (Å²) in [6, 6.07) is 7.66. The van der Waals surface area contributed by atoms with E-state index in [-0.39, 0.29) is 5.56 Å². The maximum Gasteiger partial charge on any atom is 0.258 e. The number of hydrogen-bond donors (Lipinski definition) is 1. The highest BCUT2D eigenvalue weighted by Gasteiger charge is 2.04. The van der Waals surface area contributed by atoms with Crippen LogP contribution in [0, 0.1) is 6.92 Å². The molecule has 3 rings (SSSR count). The van der Waals surface area contributed by atoms with Crippen LogP contribution >= 0.6 is 27.3 Å². The standard InChI is InChI=1S/C14H12BrN3OS/c1-9-2-3-12(11(15)6-9)16-8-10-7-13(19)18-4-5-20-14(18)17-10/h2-7,16H,8H2,1H3. The molecule has 0 radical (unpaired) electrons. The predicted octanol–water partition coefficient (Wildman–Crippen LogP) is 3.44. The monoisotopic (exact) mass is 349 g/mol. The number of aromatic nitrogens is 2. The van der Waals surface area contributed by atoms with Crippen LogP contribution in [0.1, 0.15) is 11.3 Å². The molecule has 0 saturated heterocycles. The molecule has 6 heteroatoms. The molecule has 0 saturated carbocycles. The van der Waals surface area contributed by atoms with E-state index in [1.807, 2.05) is 30.5 Å². The summed E-state index contributed by atoms with van der Waals surface area (Å²) in [6.07, 6.45) is 1.74. The molecule has 0 bridgehead atoms. The van der Waals surface area contributed by atoms with Crippen molar-refractivity contribution in [3.05, 3.63) is 61.9 Å². The summed E-state index contributed by atoms with van der Waals surface area (Å²) in [5.74, 6) is 0. The smallest absolute Gasteiger partial charge is 0.258 e. The van der Waals surface area contributed by atoms with Crippen molar-refractivity contribution in [2.45, 2.75) is 13.5 Å². The van der Waals surface area contributed by atoms with Crippen molar-refractivity contribution in [2.24, 2.45) is 0 Å². The Morgan fingerprint density at radius 2 is 2.25 bits per heavy atom. The van der Waals surface area contributed by atoms with Gasteiger partial charge in [-0.25, -0.2) is 4.98 Å². The zero-order valence-corrected chi connectivity index (χ0v) is 13.2. The van der Waals surface area contributed by atoms with Crippen LogP contribution in [0.4, 0.5) is 5.69 Å². The average molecular weight is 350 g/mol. The molecule has 102 valence electrons. The summed E-state index contributed by atoms with van der Waals surface area (Å²) in [6.45, 7) is 2.56. The number of anilines is 1. The van der Waals surface area contributed by atoms with E-state index in [2.05, 4.69) is 26.2 Å². The van der Waals surface area contributed by atoms with Crippen LogP contribution < -0.4 is 10.9 Å². The molecule has 0 unspecified atom stereocenters. The minimum atomic E-state index is -0.0454. The number of aryl methyl sites for hydroxylation is 1. The molecule has 0 aliphatic rings. The van der Waals surface area contributed by atoms with Crippen LogP contribution in [0.5, 0.6) is 0 Å². The van der Waals surface area contributed by atoms with Crippen LogP contribution in [0.25, 0.3) is 4.96 Å². The Morgan fingerprint density at radius 1 is 1.40 bits per heavy atom. The zero-order valence-electron chi connectivity index (χ0n) is 10.8. The third kappa shape index (κ3) is 2.62. The molecule has 0 atom stereocenters. The molecule has 0 aliphatic carbocycles. The Labute approximate surface area is 128 Å². The van der Waals surface area contributed by atoms with Crippen molar-refractivity contribution in [3.63, 3.8) is 0 Å². The highest BCUT2D eigenvalue weighted by atomic mass is 79.9. The van der Waals surface area contributed by atoms with Crippen LogP contribution in [0.2, 0.25) is 0 Å². The van der Waals surface area contributed by atoms with Gasteiger partial charge in [0.2, 0.25) is 0 Å². The van der Waals surface area contributed by atoms with Gasteiger partial charge in [0, 0.05) is 27.8 Å². The molecule has 4 nitrogen and oxygen atoms in total. The molecule has 0 fully saturated rings. The van der Waals surface area contributed by atoms with Crippen molar-refractivity contribution in [1.82, 2.24) is 9.38 Å². The van der Waals surface area contributed by atoms with Gasteiger partial charge in [0.15, 0.2) is 4.96 Å². The lowest BCUT2D eigenvalue weighted by molar-refractivity contribution is 0.989. The van der Waals surface area contributed by atoms with E-state index in [0.717, 1.165) is 20.8 Å². The summed E-state index contributed by atoms with van der Waals surface area (Å²) in [5.41, 5.74) is 2.88. The highest BCUT2D eigenvalue weighted by molar-refractivity contribution is 9.10. The minimum Gasteiger partial charge on any atom is -0.378 e. The first-order valence-corrected chi connectivity index (χ1v) is 7.76. The predicted molar refractivity (Wildman–Crippen MR) is 85.5 cm³/mol. The van der Waals surface area contributed by atoms with Crippen LogP contribution in [0.3, 0.4) is 0 Å². The molecular weight excluding hydrogens is 338 g/mol. The molecule has 3 aromatic rings. The Hall–Kier alpha value is -1.66. The average Bonchev–Trinajstić information content (AvgIpc) is 2.86. The fourth-order valence-corrected chi connectivity index (χ4v) is 3.30.